The Morgan fingerprint density at radius 2 is 1.83 bits per heavy atom. The maximum atomic E-state index is 4.60. The van der Waals surface area contributed by atoms with Gasteiger partial charge in [-0.3, -0.25) is 9.97 Å². The molecule has 4 heteroatoms. The van der Waals surface area contributed by atoms with Gasteiger partial charge in [0.1, 0.15) is 0 Å². The van der Waals surface area contributed by atoms with E-state index in [0.717, 1.165) is 22.5 Å². The molecule has 0 radical (unpaired) electrons. The molecule has 0 spiro atoms. The SMILES string of the molecule is Cc1cn(-c2cccnc2)nc1-c1ccncc1. The summed E-state index contributed by atoms with van der Waals surface area (Å²) in [5, 5.41) is 4.60. The normalized spacial score (nSPS) is 10.5. The summed E-state index contributed by atoms with van der Waals surface area (Å²) in [4.78, 5) is 8.12. The van der Waals surface area contributed by atoms with Gasteiger partial charge in [-0.05, 0) is 36.8 Å². The van der Waals surface area contributed by atoms with Gasteiger partial charge in [-0.15, -0.1) is 0 Å². The van der Waals surface area contributed by atoms with E-state index in [4.69, 9.17) is 0 Å². The first kappa shape index (κ1) is 10.7. The number of aryl methyl sites for hydroxylation is 1. The number of hydrogen-bond acceptors (Lipinski definition) is 3. The average molecular weight is 236 g/mol. The minimum absolute atomic E-state index is 0.959. The van der Waals surface area contributed by atoms with E-state index in [2.05, 4.69) is 22.0 Å². The van der Waals surface area contributed by atoms with Crippen LogP contribution in [0.4, 0.5) is 0 Å². The molecule has 0 bridgehead atoms. The maximum Gasteiger partial charge on any atom is 0.0957 e. The Morgan fingerprint density at radius 1 is 1.00 bits per heavy atom. The van der Waals surface area contributed by atoms with Gasteiger partial charge in [-0.1, -0.05) is 0 Å². The molecule has 0 aliphatic rings. The van der Waals surface area contributed by atoms with Crippen molar-refractivity contribution in [2.75, 3.05) is 0 Å². The van der Waals surface area contributed by atoms with Crippen LogP contribution in [0.25, 0.3) is 16.9 Å². The highest BCUT2D eigenvalue weighted by atomic mass is 15.3. The Kier molecular flexibility index (Phi) is 2.61. The van der Waals surface area contributed by atoms with Gasteiger partial charge in [0.15, 0.2) is 0 Å². The molecule has 0 fully saturated rings. The Labute approximate surface area is 105 Å². The predicted octanol–water partition coefficient (Wildman–Crippen LogP) is 2.64. The molecule has 3 aromatic heterocycles. The first-order valence-corrected chi connectivity index (χ1v) is 5.71. The number of rotatable bonds is 2. The highest BCUT2D eigenvalue weighted by Gasteiger charge is 2.08. The highest BCUT2D eigenvalue weighted by molar-refractivity contribution is 5.62. The van der Waals surface area contributed by atoms with Gasteiger partial charge >= 0.3 is 0 Å². The van der Waals surface area contributed by atoms with Crippen LogP contribution in [0.15, 0.2) is 55.2 Å². The lowest BCUT2D eigenvalue weighted by atomic mass is 10.1. The zero-order chi connectivity index (χ0) is 12.4. The quantitative estimate of drug-likeness (QED) is 0.687. The summed E-state index contributed by atoms with van der Waals surface area (Å²) in [6.45, 7) is 2.05. The van der Waals surface area contributed by atoms with Gasteiger partial charge in [0, 0.05) is 30.4 Å². The van der Waals surface area contributed by atoms with E-state index in [0.29, 0.717) is 0 Å². The zero-order valence-electron chi connectivity index (χ0n) is 9.99. The van der Waals surface area contributed by atoms with Crippen LogP contribution in [0.2, 0.25) is 0 Å². The average Bonchev–Trinajstić information content (AvgIpc) is 2.83. The lowest BCUT2D eigenvalue weighted by molar-refractivity contribution is 0.877. The summed E-state index contributed by atoms with van der Waals surface area (Å²) < 4.78 is 1.85. The van der Waals surface area contributed by atoms with Crippen molar-refractivity contribution in [1.82, 2.24) is 19.7 Å². The molecule has 0 atom stereocenters. The van der Waals surface area contributed by atoms with Crippen LogP contribution in [0, 0.1) is 6.92 Å². The summed E-state index contributed by atoms with van der Waals surface area (Å²) in [5.74, 6) is 0. The lowest BCUT2D eigenvalue weighted by Crippen LogP contribution is -1.95. The van der Waals surface area contributed by atoms with E-state index >= 15 is 0 Å². The second-order valence-electron chi connectivity index (χ2n) is 4.05. The summed E-state index contributed by atoms with van der Waals surface area (Å²) in [6.07, 6.45) is 9.11. The Balaban J connectivity index is 2.07. The van der Waals surface area contributed by atoms with Crippen molar-refractivity contribution in [3.63, 3.8) is 0 Å². The van der Waals surface area contributed by atoms with Crippen LogP contribution in [0.5, 0.6) is 0 Å². The molecule has 0 saturated carbocycles. The molecule has 3 rings (SSSR count). The van der Waals surface area contributed by atoms with Gasteiger partial charge in [0.05, 0.1) is 17.6 Å². The van der Waals surface area contributed by atoms with E-state index < -0.39 is 0 Å². The third-order valence-corrected chi connectivity index (χ3v) is 2.76. The van der Waals surface area contributed by atoms with Crippen molar-refractivity contribution in [2.24, 2.45) is 0 Å². The molecular formula is C14H12N4. The molecule has 88 valence electrons. The van der Waals surface area contributed by atoms with Crippen molar-refractivity contribution in [3.8, 4) is 16.9 Å². The second-order valence-corrected chi connectivity index (χ2v) is 4.05. The fourth-order valence-corrected chi connectivity index (χ4v) is 1.88. The van der Waals surface area contributed by atoms with Gasteiger partial charge < -0.3 is 0 Å². The summed E-state index contributed by atoms with van der Waals surface area (Å²) in [5.41, 5.74) is 4.14. The number of aromatic nitrogens is 4. The minimum Gasteiger partial charge on any atom is -0.265 e. The Hall–Kier alpha value is -2.49. The number of nitrogens with zero attached hydrogens (tertiary/aromatic N) is 4. The second kappa shape index (κ2) is 4.41. The van der Waals surface area contributed by atoms with Gasteiger partial charge in [0.2, 0.25) is 0 Å². The number of pyridine rings is 2. The fourth-order valence-electron chi connectivity index (χ4n) is 1.88. The van der Waals surface area contributed by atoms with Gasteiger partial charge in [0.25, 0.3) is 0 Å². The molecule has 0 aliphatic heterocycles. The van der Waals surface area contributed by atoms with E-state index in [1.54, 1.807) is 24.8 Å². The standard InChI is InChI=1S/C14H12N4/c1-11-10-18(13-3-2-6-16-9-13)17-14(11)12-4-7-15-8-5-12/h2-10H,1H3. The van der Waals surface area contributed by atoms with Crippen LogP contribution in [0.3, 0.4) is 0 Å². The van der Waals surface area contributed by atoms with Gasteiger partial charge in [-0.2, -0.15) is 5.10 Å². The Morgan fingerprint density at radius 3 is 2.56 bits per heavy atom. The van der Waals surface area contributed by atoms with Crippen molar-refractivity contribution in [3.05, 3.63) is 60.8 Å². The summed E-state index contributed by atoms with van der Waals surface area (Å²) in [7, 11) is 0. The van der Waals surface area contributed by atoms with Crippen LogP contribution in [-0.4, -0.2) is 19.7 Å². The van der Waals surface area contributed by atoms with E-state index in [1.807, 2.05) is 35.1 Å². The molecule has 0 saturated heterocycles. The molecule has 0 N–H and O–H groups in total. The molecule has 0 aliphatic carbocycles. The molecule has 3 heterocycles. The smallest absolute Gasteiger partial charge is 0.0957 e. The van der Waals surface area contributed by atoms with Gasteiger partial charge in [-0.25, -0.2) is 4.68 Å². The van der Waals surface area contributed by atoms with Crippen molar-refractivity contribution >= 4 is 0 Å². The third-order valence-electron chi connectivity index (χ3n) is 2.76. The summed E-state index contributed by atoms with van der Waals surface area (Å²) in [6, 6.07) is 7.81. The third kappa shape index (κ3) is 1.88. The predicted molar refractivity (Wildman–Crippen MR) is 69.3 cm³/mol. The first-order chi connectivity index (χ1) is 8.84. The number of hydrogen-bond donors (Lipinski definition) is 0. The lowest BCUT2D eigenvalue weighted by Gasteiger charge is -1.99. The first-order valence-electron chi connectivity index (χ1n) is 5.71. The van der Waals surface area contributed by atoms with Crippen LogP contribution < -0.4 is 0 Å². The molecule has 0 aromatic carbocycles. The molecule has 0 amide bonds. The van der Waals surface area contributed by atoms with Crippen LogP contribution >= 0.6 is 0 Å². The fraction of sp³-hybridized carbons (Fsp3) is 0.0714. The van der Waals surface area contributed by atoms with Crippen molar-refractivity contribution in [2.45, 2.75) is 6.92 Å². The molecule has 3 aromatic rings. The highest BCUT2D eigenvalue weighted by Crippen LogP contribution is 2.21. The monoisotopic (exact) mass is 236 g/mol. The van der Waals surface area contributed by atoms with E-state index in [-0.39, 0.29) is 0 Å². The van der Waals surface area contributed by atoms with E-state index in [9.17, 15) is 0 Å². The molecule has 18 heavy (non-hydrogen) atoms. The minimum atomic E-state index is 0.959. The van der Waals surface area contributed by atoms with Crippen molar-refractivity contribution < 1.29 is 0 Å². The van der Waals surface area contributed by atoms with Crippen LogP contribution in [0.1, 0.15) is 5.56 Å². The van der Waals surface area contributed by atoms with Crippen molar-refractivity contribution in [1.29, 1.82) is 0 Å². The van der Waals surface area contributed by atoms with E-state index in [1.165, 1.54) is 0 Å². The zero-order valence-corrected chi connectivity index (χ0v) is 9.99. The molecule has 4 nitrogen and oxygen atoms in total. The Bertz CT molecular complexity index is 644. The molecular weight excluding hydrogens is 224 g/mol. The molecule has 0 unspecified atom stereocenters. The summed E-state index contributed by atoms with van der Waals surface area (Å²) >= 11 is 0. The van der Waals surface area contributed by atoms with Crippen LogP contribution in [-0.2, 0) is 0 Å². The largest absolute Gasteiger partial charge is 0.265 e. The topological polar surface area (TPSA) is 43.6 Å². The maximum absolute atomic E-state index is 4.60.